The molecule has 8 heavy (non-hydrogen) atoms. The standard InChI is InChI=1S/NO3.H2O3S/c2-1(3)4;1-4(2)3/h;(H2,1,2,3)/q-1;/p-2. The Morgan fingerprint density at radius 3 is 1.25 bits per heavy atom. The summed E-state index contributed by atoms with van der Waals surface area (Å²) in [6.45, 7) is 0. The van der Waals surface area contributed by atoms with Crippen molar-refractivity contribution in [1.29, 1.82) is 0 Å². The molecule has 0 aliphatic heterocycles. The van der Waals surface area contributed by atoms with E-state index in [1.165, 1.54) is 0 Å². The van der Waals surface area contributed by atoms with Crippen LogP contribution in [0.25, 0.3) is 0 Å². The van der Waals surface area contributed by atoms with Crippen LogP contribution in [-0.4, -0.2) is 18.4 Å². The molecule has 0 N–H and O–H groups in total. The van der Waals surface area contributed by atoms with Gasteiger partial charge in [0.25, 0.3) is 0 Å². The fourth-order valence-corrected chi connectivity index (χ4v) is 0. The van der Waals surface area contributed by atoms with Crippen LogP contribution in [0.2, 0.25) is 0 Å². The van der Waals surface area contributed by atoms with E-state index in [1.807, 2.05) is 0 Å². The van der Waals surface area contributed by atoms with Gasteiger partial charge >= 0.3 is 0 Å². The summed E-state index contributed by atoms with van der Waals surface area (Å²) in [4.78, 5) is 8.25. The molecular formula is NO6S-3. The minimum atomic E-state index is -3.11. The Bertz CT molecular complexity index is 66.5. The number of rotatable bonds is 0. The quantitative estimate of drug-likeness (QED) is 0.236. The van der Waals surface area contributed by atoms with E-state index >= 15 is 0 Å². The Balaban J connectivity index is 0. The highest BCUT2D eigenvalue weighted by Crippen LogP contribution is 1.44. The molecule has 0 saturated carbocycles. The van der Waals surface area contributed by atoms with Crippen LogP contribution in [0.3, 0.4) is 0 Å². The maximum absolute atomic E-state index is 8.44. The molecule has 0 unspecified atom stereocenters. The molecular weight excluding hydrogens is 142 g/mol. The van der Waals surface area contributed by atoms with Crippen LogP contribution in [0.4, 0.5) is 0 Å². The van der Waals surface area contributed by atoms with Gasteiger partial charge in [-0.25, -0.2) is 0 Å². The fraction of sp³-hybridized carbons (Fsp3) is 0. The van der Waals surface area contributed by atoms with Gasteiger partial charge in [0, 0.05) is 0 Å². The molecule has 7 nitrogen and oxygen atoms in total. The highest BCUT2D eigenvalue weighted by molar-refractivity contribution is 7.72. The average molecular weight is 142 g/mol. The zero-order valence-electron chi connectivity index (χ0n) is 3.30. The molecule has 0 radical (unpaired) electrons. The van der Waals surface area contributed by atoms with Crippen molar-refractivity contribution in [1.82, 2.24) is 0 Å². The third kappa shape index (κ3) is 180. The molecule has 50 valence electrons. The third-order valence-electron chi connectivity index (χ3n) is 0. The van der Waals surface area contributed by atoms with Crippen molar-refractivity contribution in [2.45, 2.75) is 0 Å². The smallest absolute Gasteiger partial charge is 0.0689 e. The van der Waals surface area contributed by atoms with E-state index in [1.54, 1.807) is 0 Å². The SMILES string of the molecule is O=S([O-])[O-].O=[N+]([O-])[O-]. The van der Waals surface area contributed by atoms with Crippen molar-refractivity contribution < 1.29 is 18.4 Å². The molecule has 0 aromatic heterocycles. The molecule has 0 amide bonds. The Kier molecular flexibility index (Phi) is 8.07. The van der Waals surface area contributed by atoms with E-state index in [9.17, 15) is 0 Å². The maximum atomic E-state index is 8.44. The van der Waals surface area contributed by atoms with Gasteiger partial charge in [-0.1, -0.05) is 0 Å². The van der Waals surface area contributed by atoms with Crippen molar-refractivity contribution in [3.63, 3.8) is 0 Å². The maximum Gasteiger partial charge on any atom is 0.0689 e. The first kappa shape index (κ1) is 10.3. The number of hydrogen-bond donors (Lipinski definition) is 0. The van der Waals surface area contributed by atoms with Gasteiger partial charge in [0.1, 0.15) is 0 Å². The highest BCUT2D eigenvalue weighted by atomic mass is 32.2. The summed E-state index contributed by atoms with van der Waals surface area (Å²) in [5, 5.41) is 14.8. The summed E-state index contributed by atoms with van der Waals surface area (Å²) in [5.41, 5.74) is 0. The van der Waals surface area contributed by atoms with Crippen molar-refractivity contribution in [2.24, 2.45) is 0 Å². The monoisotopic (exact) mass is 142 g/mol. The van der Waals surface area contributed by atoms with Crippen molar-refractivity contribution in [2.75, 3.05) is 0 Å². The molecule has 0 aliphatic rings. The predicted molar refractivity (Wildman–Crippen MR) is 20.1 cm³/mol. The summed E-state index contributed by atoms with van der Waals surface area (Å²) in [7, 11) is 0. The van der Waals surface area contributed by atoms with Gasteiger partial charge in [-0.3, -0.25) is 4.21 Å². The second kappa shape index (κ2) is 6.27. The minimum absolute atomic E-state index is 1.75. The van der Waals surface area contributed by atoms with Gasteiger partial charge in [-0.15, -0.1) is 11.4 Å². The molecule has 0 bridgehead atoms. The Labute approximate surface area is 46.2 Å². The van der Waals surface area contributed by atoms with Crippen molar-refractivity contribution >= 4 is 11.4 Å². The van der Waals surface area contributed by atoms with Crippen LogP contribution in [0.1, 0.15) is 0 Å². The summed E-state index contributed by atoms with van der Waals surface area (Å²) in [5.74, 6) is 0. The second-order valence-corrected chi connectivity index (χ2v) is 0.836. The van der Waals surface area contributed by atoms with Gasteiger partial charge in [-0.2, -0.15) is 0 Å². The number of hydrogen-bond acceptors (Lipinski definition) is 6. The van der Waals surface area contributed by atoms with Crippen molar-refractivity contribution in [3.05, 3.63) is 15.3 Å². The molecule has 0 heterocycles. The lowest BCUT2D eigenvalue weighted by molar-refractivity contribution is -0.402. The summed E-state index contributed by atoms with van der Waals surface area (Å²) < 4.78 is 25.3. The molecule has 0 spiro atoms. The largest absolute Gasteiger partial charge is 0.784 e. The van der Waals surface area contributed by atoms with Gasteiger partial charge in [-0.05, 0) is 0 Å². The first-order valence-electron chi connectivity index (χ1n) is 1.05. The van der Waals surface area contributed by atoms with Crippen LogP contribution in [0.15, 0.2) is 0 Å². The van der Waals surface area contributed by atoms with Crippen molar-refractivity contribution in [3.8, 4) is 0 Å². The van der Waals surface area contributed by atoms with E-state index in [0.717, 1.165) is 0 Å². The first-order valence-corrected chi connectivity index (χ1v) is 2.05. The minimum Gasteiger partial charge on any atom is -0.784 e. The van der Waals surface area contributed by atoms with Crippen LogP contribution < -0.4 is 0 Å². The number of nitrogens with zero attached hydrogens (tertiary/aromatic N) is 1. The lowest BCUT2D eigenvalue weighted by atomic mass is 13.1. The molecule has 8 heteroatoms. The second-order valence-electron chi connectivity index (χ2n) is 0.428. The first-order chi connectivity index (χ1) is 3.46. The molecule has 0 aromatic rings. The Morgan fingerprint density at radius 1 is 1.25 bits per heavy atom. The van der Waals surface area contributed by atoms with Gasteiger partial charge < -0.3 is 24.4 Å². The van der Waals surface area contributed by atoms with Crippen LogP contribution in [0.5, 0.6) is 0 Å². The van der Waals surface area contributed by atoms with Crippen LogP contribution in [0, 0.1) is 15.3 Å². The average Bonchev–Trinajstić information content (AvgIpc) is 1.25. The zero-order chi connectivity index (χ0) is 7.15. The molecule has 0 aliphatic carbocycles. The summed E-state index contributed by atoms with van der Waals surface area (Å²) in [6, 6.07) is 0. The van der Waals surface area contributed by atoms with E-state index in [4.69, 9.17) is 28.6 Å². The molecule has 0 saturated heterocycles. The molecule has 0 fully saturated rings. The highest BCUT2D eigenvalue weighted by Gasteiger charge is 1.45. The Hall–Kier alpha value is -0.730. The Morgan fingerprint density at radius 2 is 1.25 bits per heavy atom. The third-order valence-corrected chi connectivity index (χ3v) is 0. The van der Waals surface area contributed by atoms with E-state index in [-0.39, 0.29) is 0 Å². The topological polar surface area (TPSA) is 129 Å². The summed E-state index contributed by atoms with van der Waals surface area (Å²) in [6.07, 6.45) is 0. The fourth-order valence-electron chi connectivity index (χ4n) is 0. The van der Waals surface area contributed by atoms with Crippen LogP contribution >= 0.6 is 0 Å². The normalized spacial score (nSPS) is 7.38. The lowest BCUT2D eigenvalue weighted by Crippen LogP contribution is -1.76. The van der Waals surface area contributed by atoms with Crippen LogP contribution in [-0.2, 0) is 11.4 Å². The van der Waals surface area contributed by atoms with Gasteiger partial charge in [0.05, 0.1) is 5.09 Å². The van der Waals surface area contributed by atoms with E-state index in [2.05, 4.69) is 0 Å². The molecule has 0 atom stereocenters. The lowest BCUT2D eigenvalue weighted by Gasteiger charge is -2.03. The molecule has 0 rings (SSSR count). The van der Waals surface area contributed by atoms with Gasteiger partial charge in [0.15, 0.2) is 0 Å². The molecule has 0 aromatic carbocycles. The summed E-state index contributed by atoms with van der Waals surface area (Å²) >= 11 is -3.11. The predicted octanol–water partition coefficient (Wildman–Crippen LogP) is -1.24. The van der Waals surface area contributed by atoms with E-state index < -0.39 is 16.4 Å². The van der Waals surface area contributed by atoms with Gasteiger partial charge in [0.2, 0.25) is 0 Å². The van der Waals surface area contributed by atoms with E-state index in [0.29, 0.717) is 0 Å². The zero-order valence-corrected chi connectivity index (χ0v) is 4.12.